The smallest absolute Gasteiger partial charge is 0.234 e. The van der Waals surface area contributed by atoms with Crippen molar-refractivity contribution < 1.29 is 4.79 Å². The monoisotopic (exact) mass is 418 g/mol. The van der Waals surface area contributed by atoms with Crippen LogP contribution in [-0.2, 0) is 4.79 Å². The molecule has 104 valence electrons. The van der Waals surface area contributed by atoms with Crippen molar-refractivity contribution in [2.75, 3.05) is 16.8 Å². The first kappa shape index (κ1) is 15.5. The molecule has 0 saturated heterocycles. The number of nitrogen functional groups attached to an aromatic ring is 1. The van der Waals surface area contributed by atoms with Crippen molar-refractivity contribution in [2.24, 2.45) is 0 Å². The molecule has 0 aliphatic rings. The van der Waals surface area contributed by atoms with Gasteiger partial charge in [-0.2, -0.15) is 0 Å². The molecular formula is C14H12ClIN2OS. The fourth-order valence-corrected chi connectivity index (χ4v) is 3.22. The SMILES string of the molecule is Nc1cccc(Cl)c1SCC(=O)Nc1ccccc1I. The summed E-state index contributed by atoms with van der Waals surface area (Å²) in [6.07, 6.45) is 0. The zero-order chi connectivity index (χ0) is 14.5. The van der Waals surface area contributed by atoms with Gasteiger partial charge in [0.15, 0.2) is 0 Å². The van der Waals surface area contributed by atoms with Crippen molar-refractivity contribution in [2.45, 2.75) is 4.90 Å². The Balaban J connectivity index is 1.98. The highest BCUT2D eigenvalue weighted by molar-refractivity contribution is 14.1. The second-order valence-electron chi connectivity index (χ2n) is 3.97. The fourth-order valence-electron chi connectivity index (χ4n) is 1.56. The number of para-hydroxylation sites is 1. The number of hydrogen-bond donors (Lipinski definition) is 2. The van der Waals surface area contributed by atoms with Crippen LogP contribution in [0.1, 0.15) is 0 Å². The third-order valence-electron chi connectivity index (χ3n) is 2.49. The van der Waals surface area contributed by atoms with Crippen molar-refractivity contribution in [1.82, 2.24) is 0 Å². The predicted molar refractivity (Wildman–Crippen MR) is 94.4 cm³/mol. The van der Waals surface area contributed by atoms with Gasteiger partial charge in [-0.1, -0.05) is 29.8 Å². The molecule has 6 heteroatoms. The molecule has 0 fully saturated rings. The van der Waals surface area contributed by atoms with Gasteiger partial charge in [-0.05, 0) is 46.9 Å². The number of carbonyl (C=O) groups excluding carboxylic acids is 1. The van der Waals surface area contributed by atoms with E-state index in [9.17, 15) is 4.79 Å². The molecule has 0 atom stereocenters. The molecule has 0 saturated carbocycles. The Labute approximate surface area is 140 Å². The summed E-state index contributed by atoms with van der Waals surface area (Å²) < 4.78 is 1.00. The minimum atomic E-state index is -0.0848. The van der Waals surface area contributed by atoms with E-state index in [0.717, 1.165) is 14.2 Å². The second-order valence-corrected chi connectivity index (χ2v) is 6.53. The number of anilines is 2. The van der Waals surface area contributed by atoms with Crippen LogP contribution in [0.3, 0.4) is 0 Å². The lowest BCUT2D eigenvalue weighted by molar-refractivity contribution is -0.113. The molecule has 2 rings (SSSR count). The Morgan fingerprint density at radius 3 is 2.70 bits per heavy atom. The van der Waals surface area contributed by atoms with E-state index in [1.807, 2.05) is 24.3 Å². The molecule has 3 nitrogen and oxygen atoms in total. The van der Waals surface area contributed by atoms with E-state index in [2.05, 4.69) is 27.9 Å². The zero-order valence-corrected chi connectivity index (χ0v) is 14.1. The highest BCUT2D eigenvalue weighted by Crippen LogP contribution is 2.32. The maximum atomic E-state index is 11.9. The van der Waals surface area contributed by atoms with Gasteiger partial charge in [-0.15, -0.1) is 11.8 Å². The first-order valence-corrected chi connectivity index (χ1v) is 8.23. The number of hydrogen-bond acceptors (Lipinski definition) is 3. The van der Waals surface area contributed by atoms with Crippen LogP contribution in [0.25, 0.3) is 0 Å². The fraction of sp³-hybridized carbons (Fsp3) is 0.0714. The van der Waals surface area contributed by atoms with E-state index in [4.69, 9.17) is 17.3 Å². The van der Waals surface area contributed by atoms with Crippen molar-refractivity contribution in [1.29, 1.82) is 0 Å². The van der Waals surface area contributed by atoms with E-state index in [1.54, 1.807) is 18.2 Å². The van der Waals surface area contributed by atoms with Gasteiger partial charge >= 0.3 is 0 Å². The van der Waals surface area contributed by atoms with Crippen LogP contribution in [-0.4, -0.2) is 11.7 Å². The van der Waals surface area contributed by atoms with E-state index >= 15 is 0 Å². The third kappa shape index (κ3) is 4.04. The molecule has 0 bridgehead atoms. The van der Waals surface area contributed by atoms with E-state index in [0.29, 0.717) is 10.7 Å². The third-order valence-corrected chi connectivity index (χ3v) is 5.01. The lowest BCUT2D eigenvalue weighted by Crippen LogP contribution is -2.14. The quantitative estimate of drug-likeness (QED) is 0.443. The van der Waals surface area contributed by atoms with Gasteiger partial charge in [0.25, 0.3) is 0 Å². The van der Waals surface area contributed by atoms with Crippen molar-refractivity contribution in [3.05, 3.63) is 51.1 Å². The highest BCUT2D eigenvalue weighted by Gasteiger charge is 2.09. The maximum absolute atomic E-state index is 11.9. The summed E-state index contributed by atoms with van der Waals surface area (Å²) in [6.45, 7) is 0. The molecule has 0 aliphatic carbocycles. The molecule has 0 radical (unpaired) electrons. The molecule has 1 amide bonds. The lowest BCUT2D eigenvalue weighted by Gasteiger charge is -2.09. The minimum absolute atomic E-state index is 0.0848. The summed E-state index contributed by atoms with van der Waals surface area (Å²) in [5.41, 5.74) is 7.24. The number of nitrogens with one attached hydrogen (secondary N) is 1. The van der Waals surface area contributed by atoms with E-state index < -0.39 is 0 Å². The number of carbonyl (C=O) groups is 1. The average molecular weight is 419 g/mol. The van der Waals surface area contributed by atoms with Crippen LogP contribution < -0.4 is 11.1 Å². The van der Waals surface area contributed by atoms with Crippen molar-refractivity contribution >= 4 is 63.2 Å². The Morgan fingerprint density at radius 1 is 1.25 bits per heavy atom. The van der Waals surface area contributed by atoms with Crippen LogP contribution in [0.15, 0.2) is 47.4 Å². The van der Waals surface area contributed by atoms with Crippen LogP contribution in [0.4, 0.5) is 11.4 Å². The molecule has 0 unspecified atom stereocenters. The topological polar surface area (TPSA) is 55.1 Å². The maximum Gasteiger partial charge on any atom is 0.234 e. The predicted octanol–water partition coefficient (Wildman–Crippen LogP) is 4.26. The first-order valence-electron chi connectivity index (χ1n) is 5.79. The summed E-state index contributed by atoms with van der Waals surface area (Å²) in [6, 6.07) is 12.9. The van der Waals surface area contributed by atoms with Gasteiger partial charge in [-0.25, -0.2) is 0 Å². The molecule has 0 aliphatic heterocycles. The zero-order valence-electron chi connectivity index (χ0n) is 10.4. The van der Waals surface area contributed by atoms with Gasteiger partial charge in [-0.3, -0.25) is 4.79 Å². The van der Waals surface area contributed by atoms with E-state index in [1.165, 1.54) is 11.8 Å². The van der Waals surface area contributed by atoms with Crippen LogP contribution >= 0.6 is 46.0 Å². The largest absolute Gasteiger partial charge is 0.398 e. The molecule has 0 heterocycles. The Hall–Kier alpha value is -0.920. The minimum Gasteiger partial charge on any atom is -0.398 e. The molecule has 0 aromatic heterocycles. The lowest BCUT2D eigenvalue weighted by atomic mass is 10.3. The van der Waals surface area contributed by atoms with Crippen LogP contribution in [0, 0.1) is 3.57 Å². The number of halogens is 2. The molecule has 3 N–H and O–H groups in total. The summed E-state index contributed by atoms with van der Waals surface area (Å²) in [5, 5.41) is 3.43. The Bertz CT molecular complexity index is 616. The molecule has 2 aromatic rings. The molecule has 0 spiro atoms. The number of benzene rings is 2. The van der Waals surface area contributed by atoms with Crippen LogP contribution in [0.5, 0.6) is 0 Å². The summed E-state index contributed by atoms with van der Waals surface area (Å²) in [4.78, 5) is 12.7. The number of nitrogens with two attached hydrogens (primary N) is 1. The van der Waals surface area contributed by atoms with Gasteiger partial charge < -0.3 is 11.1 Å². The van der Waals surface area contributed by atoms with E-state index in [-0.39, 0.29) is 11.7 Å². The van der Waals surface area contributed by atoms with Gasteiger partial charge in [0, 0.05) is 14.2 Å². The van der Waals surface area contributed by atoms with Crippen LogP contribution in [0.2, 0.25) is 5.02 Å². The van der Waals surface area contributed by atoms with Gasteiger partial charge in [0.1, 0.15) is 0 Å². The first-order chi connectivity index (χ1) is 9.58. The van der Waals surface area contributed by atoms with Crippen molar-refractivity contribution in [3.8, 4) is 0 Å². The summed E-state index contributed by atoms with van der Waals surface area (Å²) in [5.74, 6) is 0.178. The normalized spacial score (nSPS) is 10.3. The second kappa shape index (κ2) is 7.19. The Morgan fingerprint density at radius 2 is 2.00 bits per heavy atom. The van der Waals surface area contributed by atoms with Gasteiger partial charge in [0.2, 0.25) is 5.91 Å². The number of thioether (sulfide) groups is 1. The summed E-state index contributed by atoms with van der Waals surface area (Å²) >= 11 is 9.58. The Kier molecular flexibility index (Phi) is 5.56. The highest BCUT2D eigenvalue weighted by atomic mass is 127. The summed E-state index contributed by atoms with van der Waals surface area (Å²) in [7, 11) is 0. The van der Waals surface area contributed by atoms with Gasteiger partial charge in [0.05, 0.1) is 16.5 Å². The standard InChI is InChI=1S/C14H12ClIN2OS/c15-9-4-3-6-11(17)14(9)20-8-13(19)18-12-7-2-1-5-10(12)16/h1-7H,8,17H2,(H,18,19). The van der Waals surface area contributed by atoms with Crippen molar-refractivity contribution in [3.63, 3.8) is 0 Å². The number of rotatable bonds is 4. The molecule has 20 heavy (non-hydrogen) atoms. The average Bonchev–Trinajstić information content (AvgIpc) is 2.41. The molecular weight excluding hydrogens is 407 g/mol. The number of amides is 1. The molecule has 2 aromatic carbocycles.